The predicted molar refractivity (Wildman–Crippen MR) is 107 cm³/mol. The van der Waals surface area contributed by atoms with Gasteiger partial charge in [0.05, 0.1) is 18.3 Å². The first-order valence-corrected chi connectivity index (χ1v) is 9.65. The highest BCUT2D eigenvalue weighted by Crippen LogP contribution is 2.28. The molecule has 5 heteroatoms. The van der Waals surface area contributed by atoms with Crippen molar-refractivity contribution >= 4 is 5.91 Å². The van der Waals surface area contributed by atoms with Gasteiger partial charge in [0, 0.05) is 30.4 Å². The van der Waals surface area contributed by atoms with Crippen molar-refractivity contribution in [2.75, 3.05) is 7.05 Å². The van der Waals surface area contributed by atoms with Crippen molar-refractivity contribution in [1.29, 1.82) is 0 Å². The molecular formula is C23H22N4O. The number of carbonyl (C=O) groups is 1. The van der Waals surface area contributed by atoms with E-state index >= 15 is 0 Å². The van der Waals surface area contributed by atoms with Crippen LogP contribution < -0.4 is 0 Å². The Bertz CT molecular complexity index is 1030. The van der Waals surface area contributed by atoms with E-state index in [2.05, 4.69) is 34.1 Å². The molecule has 140 valence electrons. The van der Waals surface area contributed by atoms with E-state index in [9.17, 15) is 4.79 Å². The largest absolute Gasteiger partial charge is 0.331 e. The number of fused-ring (bicyclic) bond motifs is 2. The summed E-state index contributed by atoms with van der Waals surface area (Å²) in [6, 6.07) is 18.3. The first-order chi connectivity index (χ1) is 13.7. The lowest BCUT2D eigenvalue weighted by molar-refractivity contribution is -0.137. The molecule has 0 saturated carbocycles. The van der Waals surface area contributed by atoms with Crippen LogP contribution in [0.3, 0.4) is 0 Å². The van der Waals surface area contributed by atoms with Gasteiger partial charge < -0.3 is 4.90 Å². The second kappa shape index (κ2) is 6.84. The van der Waals surface area contributed by atoms with Gasteiger partial charge in [-0.05, 0) is 24.6 Å². The summed E-state index contributed by atoms with van der Waals surface area (Å²) in [5.41, 5.74) is 5.60. The molecule has 0 unspecified atom stereocenters. The number of likely N-dealkylation sites (N-methyl/N-ethyl adjacent to an activating group) is 1. The normalized spacial score (nSPS) is 18.6. The van der Waals surface area contributed by atoms with Crippen LogP contribution in [0.15, 0.2) is 60.8 Å². The number of benzene rings is 2. The molecule has 0 bridgehead atoms. The third-order valence-electron chi connectivity index (χ3n) is 5.77. The second-order valence-electron chi connectivity index (χ2n) is 7.63. The Hall–Kier alpha value is -3.05. The van der Waals surface area contributed by atoms with Crippen LogP contribution in [-0.2, 0) is 30.8 Å². The summed E-state index contributed by atoms with van der Waals surface area (Å²) < 4.78 is 0. The van der Waals surface area contributed by atoms with Crippen LogP contribution in [0, 0.1) is 0 Å². The predicted octanol–water partition coefficient (Wildman–Crippen LogP) is 3.04. The molecule has 28 heavy (non-hydrogen) atoms. The van der Waals surface area contributed by atoms with Crippen LogP contribution in [0.2, 0.25) is 0 Å². The van der Waals surface area contributed by atoms with Gasteiger partial charge >= 0.3 is 0 Å². The van der Waals surface area contributed by atoms with E-state index in [-0.39, 0.29) is 11.9 Å². The fourth-order valence-corrected chi connectivity index (χ4v) is 4.18. The van der Waals surface area contributed by atoms with Crippen molar-refractivity contribution in [3.63, 3.8) is 0 Å². The number of amides is 1. The molecular weight excluding hydrogens is 348 g/mol. The zero-order valence-corrected chi connectivity index (χ0v) is 15.9. The van der Waals surface area contributed by atoms with Crippen molar-refractivity contribution in [2.45, 2.75) is 32.1 Å². The zero-order valence-electron chi connectivity index (χ0n) is 15.9. The summed E-state index contributed by atoms with van der Waals surface area (Å²) in [5, 5.41) is 0. The Balaban J connectivity index is 1.36. The van der Waals surface area contributed by atoms with Crippen LogP contribution in [0.1, 0.15) is 22.4 Å². The maximum absolute atomic E-state index is 13.3. The van der Waals surface area contributed by atoms with Crippen molar-refractivity contribution in [3.05, 3.63) is 83.2 Å². The smallest absolute Gasteiger partial charge is 0.240 e. The topological polar surface area (TPSA) is 49.3 Å². The quantitative estimate of drug-likeness (QED) is 0.696. The summed E-state index contributed by atoms with van der Waals surface area (Å²) in [6.45, 7) is 1.96. The number of hydrogen-bond acceptors (Lipinski definition) is 4. The van der Waals surface area contributed by atoms with Gasteiger partial charge in [-0.2, -0.15) is 0 Å². The molecule has 1 atom stereocenters. The van der Waals surface area contributed by atoms with Crippen molar-refractivity contribution in [3.8, 4) is 11.4 Å². The Morgan fingerprint density at radius 3 is 2.50 bits per heavy atom. The molecule has 2 aliphatic heterocycles. The summed E-state index contributed by atoms with van der Waals surface area (Å²) >= 11 is 0. The van der Waals surface area contributed by atoms with Gasteiger partial charge in [0.2, 0.25) is 5.91 Å². The standard InChI is InChI=1S/C23H22N4O/c1-26-13-18-10-6-5-9-17(18)11-21(26)23(28)27-14-19-12-24-22(25-20(19)15-27)16-7-3-2-4-8-16/h2-10,12,21H,11,13-15H2,1H3/t21-/m0/s1. The highest BCUT2D eigenvalue weighted by Gasteiger charge is 2.35. The molecule has 5 nitrogen and oxygen atoms in total. The fourth-order valence-electron chi connectivity index (χ4n) is 4.18. The molecule has 3 aromatic rings. The minimum Gasteiger partial charge on any atom is -0.331 e. The average Bonchev–Trinajstić information content (AvgIpc) is 3.17. The molecule has 1 aromatic heterocycles. The van der Waals surface area contributed by atoms with Crippen molar-refractivity contribution in [2.24, 2.45) is 0 Å². The first-order valence-electron chi connectivity index (χ1n) is 9.65. The Labute approximate surface area is 164 Å². The van der Waals surface area contributed by atoms with Crippen LogP contribution in [0.5, 0.6) is 0 Å². The maximum atomic E-state index is 13.3. The zero-order chi connectivity index (χ0) is 19.1. The van der Waals surface area contributed by atoms with Crippen molar-refractivity contribution < 1.29 is 4.79 Å². The van der Waals surface area contributed by atoms with Crippen LogP contribution in [0.25, 0.3) is 11.4 Å². The van der Waals surface area contributed by atoms with Crippen LogP contribution in [0.4, 0.5) is 0 Å². The minimum atomic E-state index is -0.120. The third kappa shape index (κ3) is 2.98. The fraction of sp³-hybridized carbons (Fsp3) is 0.261. The summed E-state index contributed by atoms with van der Waals surface area (Å²) in [7, 11) is 2.04. The van der Waals surface area contributed by atoms with E-state index < -0.39 is 0 Å². The second-order valence-corrected chi connectivity index (χ2v) is 7.63. The molecule has 0 radical (unpaired) electrons. The molecule has 3 heterocycles. The maximum Gasteiger partial charge on any atom is 0.240 e. The van der Waals surface area contributed by atoms with Gasteiger partial charge in [-0.25, -0.2) is 9.97 Å². The average molecular weight is 370 g/mol. The highest BCUT2D eigenvalue weighted by atomic mass is 16.2. The molecule has 5 rings (SSSR count). The van der Waals surface area contributed by atoms with Crippen molar-refractivity contribution in [1.82, 2.24) is 19.8 Å². The van der Waals surface area contributed by atoms with E-state index in [0.717, 1.165) is 35.6 Å². The minimum absolute atomic E-state index is 0.120. The van der Waals surface area contributed by atoms with E-state index in [4.69, 9.17) is 4.98 Å². The molecule has 1 amide bonds. The van der Waals surface area contributed by atoms with E-state index in [1.165, 1.54) is 11.1 Å². The number of nitrogens with zero attached hydrogens (tertiary/aromatic N) is 4. The molecule has 0 saturated heterocycles. The van der Waals surface area contributed by atoms with Crippen LogP contribution in [-0.4, -0.2) is 38.8 Å². The third-order valence-corrected chi connectivity index (χ3v) is 5.77. The summed E-state index contributed by atoms with van der Waals surface area (Å²) in [4.78, 5) is 26.6. The van der Waals surface area contributed by atoms with Gasteiger partial charge in [0.1, 0.15) is 0 Å². The highest BCUT2D eigenvalue weighted by molar-refractivity contribution is 5.83. The SMILES string of the molecule is CN1Cc2ccccc2C[C@H]1C(=O)N1Cc2cnc(-c3ccccc3)nc2C1. The lowest BCUT2D eigenvalue weighted by atomic mass is 9.94. The lowest BCUT2D eigenvalue weighted by Crippen LogP contribution is -2.48. The van der Waals surface area contributed by atoms with Crippen LogP contribution >= 0.6 is 0 Å². The molecule has 0 fully saturated rings. The molecule has 2 aromatic carbocycles. The van der Waals surface area contributed by atoms with E-state index in [1.807, 2.05) is 48.5 Å². The monoisotopic (exact) mass is 370 g/mol. The number of aromatic nitrogens is 2. The summed E-state index contributed by atoms with van der Waals surface area (Å²) in [6.07, 6.45) is 2.64. The number of hydrogen-bond donors (Lipinski definition) is 0. The van der Waals surface area contributed by atoms with E-state index in [0.29, 0.717) is 13.1 Å². The lowest BCUT2D eigenvalue weighted by Gasteiger charge is -2.35. The Kier molecular flexibility index (Phi) is 4.17. The molecule has 0 spiro atoms. The van der Waals surface area contributed by atoms with Gasteiger partial charge in [0.25, 0.3) is 0 Å². The molecule has 0 aliphatic carbocycles. The Morgan fingerprint density at radius 2 is 1.68 bits per heavy atom. The first kappa shape index (κ1) is 17.1. The number of rotatable bonds is 2. The van der Waals surface area contributed by atoms with Gasteiger partial charge in [0.15, 0.2) is 5.82 Å². The van der Waals surface area contributed by atoms with Gasteiger partial charge in [-0.3, -0.25) is 9.69 Å². The molecule has 2 aliphatic rings. The van der Waals surface area contributed by atoms with Gasteiger partial charge in [-0.15, -0.1) is 0 Å². The molecule has 0 N–H and O–H groups in total. The number of carbonyl (C=O) groups excluding carboxylic acids is 1. The summed E-state index contributed by atoms with van der Waals surface area (Å²) in [5.74, 6) is 0.897. The Morgan fingerprint density at radius 1 is 0.929 bits per heavy atom. The van der Waals surface area contributed by atoms with Gasteiger partial charge in [-0.1, -0.05) is 54.6 Å². The van der Waals surface area contributed by atoms with E-state index in [1.54, 1.807) is 0 Å².